The average Bonchev–Trinajstić information content (AvgIpc) is 2.90. The maximum atomic E-state index is 9.42. The maximum Gasteiger partial charge on any atom is 0.231 e. The minimum absolute atomic E-state index is 0.130. The highest BCUT2D eigenvalue weighted by atomic mass is 16.7. The second-order valence-electron chi connectivity index (χ2n) is 5.15. The summed E-state index contributed by atoms with van der Waals surface area (Å²) >= 11 is 0. The van der Waals surface area contributed by atoms with Gasteiger partial charge in [-0.3, -0.25) is 0 Å². The number of fused-ring (bicyclic) bond motifs is 1. The Morgan fingerprint density at radius 2 is 2.11 bits per heavy atom. The molecule has 1 fully saturated rings. The number of aromatic amines is 1. The summed E-state index contributed by atoms with van der Waals surface area (Å²) in [7, 11) is 0. The van der Waals surface area contributed by atoms with Crippen LogP contribution in [-0.4, -0.2) is 28.5 Å². The minimum atomic E-state index is -0.130. The van der Waals surface area contributed by atoms with E-state index in [4.69, 9.17) is 9.47 Å². The minimum Gasteiger partial charge on any atom is -0.454 e. The molecule has 0 saturated heterocycles. The average molecular weight is 258 g/mol. The van der Waals surface area contributed by atoms with Gasteiger partial charge in [-0.1, -0.05) is 0 Å². The van der Waals surface area contributed by atoms with Gasteiger partial charge in [0.15, 0.2) is 11.5 Å². The number of nitrogens with zero attached hydrogens (tertiary/aromatic N) is 1. The second-order valence-corrected chi connectivity index (χ2v) is 5.15. The summed E-state index contributed by atoms with van der Waals surface area (Å²) in [5.41, 5.74) is 1.82. The summed E-state index contributed by atoms with van der Waals surface area (Å²) in [4.78, 5) is 7.71. The van der Waals surface area contributed by atoms with Crippen molar-refractivity contribution < 1.29 is 14.6 Å². The van der Waals surface area contributed by atoms with Crippen LogP contribution in [0.2, 0.25) is 0 Å². The number of hydrogen-bond donors (Lipinski definition) is 2. The van der Waals surface area contributed by atoms with Gasteiger partial charge in [-0.05, 0) is 31.0 Å². The standard InChI is InChI=1S/C14H14N2O3/c17-7-14(3-4-14)13-15-6-10(16-13)9-1-2-11-12(5-9)19-8-18-11/h1-2,5-6,17H,3-4,7-8H2,(H,15,16). The fourth-order valence-electron chi connectivity index (χ4n) is 2.42. The van der Waals surface area contributed by atoms with E-state index in [1.165, 1.54) is 0 Å². The number of aromatic nitrogens is 2. The van der Waals surface area contributed by atoms with E-state index < -0.39 is 0 Å². The van der Waals surface area contributed by atoms with Gasteiger partial charge >= 0.3 is 0 Å². The van der Waals surface area contributed by atoms with Crippen LogP contribution in [0.3, 0.4) is 0 Å². The predicted octanol–water partition coefficient (Wildman–Crippen LogP) is 1.83. The number of aliphatic hydroxyl groups is 1. The Balaban J connectivity index is 1.69. The van der Waals surface area contributed by atoms with Gasteiger partial charge in [0.2, 0.25) is 6.79 Å². The lowest BCUT2D eigenvalue weighted by Gasteiger charge is -2.07. The van der Waals surface area contributed by atoms with Crippen LogP contribution in [-0.2, 0) is 5.41 Å². The Kier molecular flexibility index (Phi) is 2.14. The third kappa shape index (κ3) is 1.62. The molecule has 0 spiro atoms. The van der Waals surface area contributed by atoms with Crippen molar-refractivity contribution in [2.45, 2.75) is 18.3 Å². The van der Waals surface area contributed by atoms with Crippen molar-refractivity contribution in [1.82, 2.24) is 9.97 Å². The van der Waals surface area contributed by atoms with Crippen LogP contribution < -0.4 is 9.47 Å². The van der Waals surface area contributed by atoms with E-state index in [1.54, 1.807) is 0 Å². The highest BCUT2D eigenvalue weighted by Gasteiger charge is 2.46. The Morgan fingerprint density at radius 1 is 1.26 bits per heavy atom. The number of aliphatic hydroxyl groups excluding tert-OH is 1. The van der Waals surface area contributed by atoms with Gasteiger partial charge < -0.3 is 19.6 Å². The van der Waals surface area contributed by atoms with Crippen molar-refractivity contribution in [3.8, 4) is 22.8 Å². The molecule has 5 heteroatoms. The van der Waals surface area contributed by atoms with Crippen molar-refractivity contribution >= 4 is 0 Å². The molecule has 2 aromatic rings. The molecule has 0 radical (unpaired) electrons. The molecule has 1 aliphatic carbocycles. The Labute approximate surface area is 110 Å². The Morgan fingerprint density at radius 3 is 2.89 bits per heavy atom. The summed E-state index contributed by atoms with van der Waals surface area (Å²) in [6.07, 6.45) is 3.80. The number of benzene rings is 1. The fourth-order valence-corrected chi connectivity index (χ4v) is 2.42. The van der Waals surface area contributed by atoms with Gasteiger partial charge in [0, 0.05) is 5.56 Å². The van der Waals surface area contributed by atoms with Crippen LogP contribution in [0.25, 0.3) is 11.3 Å². The van der Waals surface area contributed by atoms with Crippen LogP contribution in [0, 0.1) is 0 Å². The first-order chi connectivity index (χ1) is 9.31. The van der Waals surface area contributed by atoms with E-state index >= 15 is 0 Å². The van der Waals surface area contributed by atoms with E-state index in [0.717, 1.165) is 41.4 Å². The molecule has 1 saturated carbocycles. The Bertz CT molecular complexity index is 631. The summed E-state index contributed by atoms with van der Waals surface area (Å²) in [6, 6.07) is 5.82. The van der Waals surface area contributed by atoms with Gasteiger partial charge in [-0.2, -0.15) is 0 Å². The molecule has 19 heavy (non-hydrogen) atoms. The molecule has 5 nitrogen and oxygen atoms in total. The first-order valence-electron chi connectivity index (χ1n) is 6.37. The summed E-state index contributed by atoms with van der Waals surface area (Å²) in [5.74, 6) is 2.41. The topological polar surface area (TPSA) is 67.4 Å². The fraction of sp³-hybridized carbons (Fsp3) is 0.357. The zero-order valence-electron chi connectivity index (χ0n) is 10.3. The van der Waals surface area contributed by atoms with Gasteiger partial charge in [-0.15, -0.1) is 0 Å². The SMILES string of the molecule is OCC1(c2ncc(-c3ccc4c(c3)OCO4)[nH]2)CC1. The molecule has 0 bridgehead atoms. The van der Waals surface area contributed by atoms with Crippen LogP contribution >= 0.6 is 0 Å². The number of ether oxygens (including phenoxy) is 2. The van der Waals surface area contributed by atoms with Crippen LogP contribution in [0.15, 0.2) is 24.4 Å². The molecule has 2 N–H and O–H groups in total. The number of H-pyrrole nitrogens is 1. The molecular weight excluding hydrogens is 244 g/mol. The highest BCUT2D eigenvalue weighted by Crippen LogP contribution is 2.46. The van der Waals surface area contributed by atoms with Crippen LogP contribution in [0.5, 0.6) is 11.5 Å². The number of rotatable bonds is 3. The molecule has 0 atom stereocenters. The molecule has 4 rings (SSSR count). The highest BCUT2D eigenvalue weighted by molar-refractivity contribution is 5.64. The molecule has 1 aromatic carbocycles. The van der Waals surface area contributed by atoms with Crippen molar-refractivity contribution in [2.24, 2.45) is 0 Å². The van der Waals surface area contributed by atoms with Crippen molar-refractivity contribution in [2.75, 3.05) is 13.4 Å². The van der Waals surface area contributed by atoms with Crippen molar-refractivity contribution in [3.63, 3.8) is 0 Å². The molecule has 0 amide bonds. The summed E-state index contributed by atoms with van der Waals surface area (Å²) < 4.78 is 10.7. The van der Waals surface area contributed by atoms with E-state index in [0.29, 0.717) is 0 Å². The zero-order chi connectivity index (χ0) is 12.9. The molecular formula is C14H14N2O3. The molecule has 2 aliphatic rings. The van der Waals surface area contributed by atoms with E-state index in [-0.39, 0.29) is 18.8 Å². The van der Waals surface area contributed by atoms with Crippen molar-refractivity contribution in [1.29, 1.82) is 0 Å². The lowest BCUT2D eigenvalue weighted by Crippen LogP contribution is -2.13. The third-order valence-electron chi connectivity index (χ3n) is 3.92. The quantitative estimate of drug-likeness (QED) is 0.881. The lowest BCUT2D eigenvalue weighted by molar-refractivity contribution is 0.174. The van der Waals surface area contributed by atoms with E-state index in [2.05, 4.69) is 9.97 Å². The summed E-state index contributed by atoms with van der Waals surface area (Å²) in [5, 5.41) is 9.42. The van der Waals surface area contributed by atoms with Crippen LogP contribution in [0.1, 0.15) is 18.7 Å². The molecule has 2 heterocycles. The predicted molar refractivity (Wildman–Crippen MR) is 68.1 cm³/mol. The lowest BCUT2D eigenvalue weighted by atomic mass is 10.1. The molecule has 98 valence electrons. The van der Waals surface area contributed by atoms with E-state index in [9.17, 15) is 5.11 Å². The molecule has 1 aliphatic heterocycles. The van der Waals surface area contributed by atoms with Gasteiger partial charge in [0.1, 0.15) is 5.82 Å². The molecule has 0 unspecified atom stereocenters. The third-order valence-corrected chi connectivity index (χ3v) is 3.92. The normalized spacial score (nSPS) is 18.6. The van der Waals surface area contributed by atoms with Crippen LogP contribution in [0.4, 0.5) is 0 Å². The molecule has 1 aromatic heterocycles. The summed E-state index contributed by atoms with van der Waals surface area (Å²) in [6.45, 7) is 0.432. The zero-order valence-corrected chi connectivity index (χ0v) is 10.3. The number of hydrogen-bond acceptors (Lipinski definition) is 4. The number of imidazole rings is 1. The smallest absolute Gasteiger partial charge is 0.231 e. The number of nitrogens with one attached hydrogen (secondary N) is 1. The second kappa shape index (κ2) is 3.74. The van der Waals surface area contributed by atoms with Crippen molar-refractivity contribution in [3.05, 3.63) is 30.2 Å². The maximum absolute atomic E-state index is 9.42. The first kappa shape index (κ1) is 10.9. The van der Waals surface area contributed by atoms with Gasteiger partial charge in [0.05, 0.1) is 23.9 Å². The monoisotopic (exact) mass is 258 g/mol. The first-order valence-corrected chi connectivity index (χ1v) is 6.37. The van der Waals surface area contributed by atoms with Gasteiger partial charge in [-0.25, -0.2) is 4.98 Å². The van der Waals surface area contributed by atoms with Gasteiger partial charge in [0.25, 0.3) is 0 Å². The van der Waals surface area contributed by atoms with E-state index in [1.807, 2.05) is 24.4 Å². The Hall–Kier alpha value is -2.01. The largest absolute Gasteiger partial charge is 0.454 e.